The summed E-state index contributed by atoms with van der Waals surface area (Å²) < 4.78 is 5.34. The molecule has 1 unspecified atom stereocenters. The van der Waals surface area contributed by atoms with Crippen LogP contribution in [-0.4, -0.2) is 12.0 Å². The first-order valence-corrected chi connectivity index (χ1v) is 9.00. The van der Waals surface area contributed by atoms with Crippen molar-refractivity contribution in [2.75, 3.05) is 0 Å². The Hall–Kier alpha value is -1.35. The summed E-state index contributed by atoms with van der Waals surface area (Å²) in [4.78, 5) is 12.1. The van der Waals surface area contributed by atoms with E-state index in [0.717, 1.165) is 23.8 Å². The summed E-state index contributed by atoms with van der Waals surface area (Å²) in [5.74, 6) is 1.97. The van der Waals surface area contributed by atoms with E-state index in [4.69, 9.17) is 10.5 Å². The van der Waals surface area contributed by atoms with Gasteiger partial charge in [0.1, 0.15) is 12.6 Å². The summed E-state index contributed by atoms with van der Waals surface area (Å²) in [6, 6.07) is 9.26. The molecule has 0 radical (unpaired) electrons. The highest BCUT2D eigenvalue weighted by molar-refractivity contribution is 5.75. The zero-order chi connectivity index (χ0) is 16.7. The van der Waals surface area contributed by atoms with Crippen LogP contribution in [-0.2, 0) is 16.1 Å². The monoisotopic (exact) mass is 317 g/mol. The summed E-state index contributed by atoms with van der Waals surface area (Å²) in [5.41, 5.74) is 7.06. The Morgan fingerprint density at radius 2 is 1.65 bits per heavy atom. The second kappa shape index (κ2) is 9.07. The first-order chi connectivity index (χ1) is 11.0. The SMILES string of the molecule is CC(C)CC1CCC(CC(N)C(=O)OCc2ccccc2)CC1. The molecule has 1 aliphatic carbocycles. The molecule has 0 bridgehead atoms. The van der Waals surface area contributed by atoms with Gasteiger partial charge in [-0.3, -0.25) is 4.79 Å². The van der Waals surface area contributed by atoms with Gasteiger partial charge in [-0.05, 0) is 36.2 Å². The van der Waals surface area contributed by atoms with Gasteiger partial charge in [0.05, 0.1) is 0 Å². The summed E-state index contributed by atoms with van der Waals surface area (Å²) in [6.07, 6.45) is 7.08. The summed E-state index contributed by atoms with van der Waals surface area (Å²) in [6.45, 7) is 4.91. The molecule has 0 saturated heterocycles. The van der Waals surface area contributed by atoms with E-state index in [0.29, 0.717) is 12.5 Å². The van der Waals surface area contributed by atoms with E-state index in [1.165, 1.54) is 32.1 Å². The molecular weight excluding hydrogens is 286 g/mol. The quantitative estimate of drug-likeness (QED) is 0.763. The maximum absolute atomic E-state index is 12.1. The van der Waals surface area contributed by atoms with Crippen LogP contribution in [0, 0.1) is 17.8 Å². The van der Waals surface area contributed by atoms with E-state index in [1.54, 1.807) is 0 Å². The van der Waals surface area contributed by atoms with Gasteiger partial charge in [0, 0.05) is 0 Å². The Kier molecular flexibility index (Phi) is 7.10. The van der Waals surface area contributed by atoms with Gasteiger partial charge < -0.3 is 10.5 Å². The lowest BCUT2D eigenvalue weighted by molar-refractivity contribution is -0.147. The minimum Gasteiger partial charge on any atom is -0.460 e. The van der Waals surface area contributed by atoms with Gasteiger partial charge in [0.15, 0.2) is 0 Å². The molecule has 0 spiro atoms. The first-order valence-electron chi connectivity index (χ1n) is 9.00. The number of carbonyl (C=O) groups is 1. The molecule has 3 nitrogen and oxygen atoms in total. The zero-order valence-electron chi connectivity index (χ0n) is 14.5. The number of hydrogen-bond donors (Lipinski definition) is 1. The second-order valence-corrected chi connectivity index (χ2v) is 7.45. The smallest absolute Gasteiger partial charge is 0.323 e. The van der Waals surface area contributed by atoms with Gasteiger partial charge in [-0.15, -0.1) is 0 Å². The molecule has 2 rings (SSSR count). The third-order valence-electron chi connectivity index (χ3n) is 4.89. The maximum atomic E-state index is 12.1. The molecule has 1 aromatic rings. The summed E-state index contributed by atoms with van der Waals surface area (Å²) in [5, 5.41) is 0. The van der Waals surface area contributed by atoms with E-state index in [1.807, 2.05) is 30.3 Å². The summed E-state index contributed by atoms with van der Waals surface area (Å²) in [7, 11) is 0. The topological polar surface area (TPSA) is 52.3 Å². The van der Waals surface area contributed by atoms with Gasteiger partial charge in [-0.2, -0.15) is 0 Å². The molecule has 0 aromatic heterocycles. The number of hydrogen-bond acceptors (Lipinski definition) is 3. The fourth-order valence-corrected chi connectivity index (χ4v) is 3.66. The maximum Gasteiger partial charge on any atom is 0.323 e. The number of rotatable bonds is 7. The molecule has 23 heavy (non-hydrogen) atoms. The van der Waals surface area contributed by atoms with Gasteiger partial charge in [-0.25, -0.2) is 0 Å². The van der Waals surface area contributed by atoms with Crippen molar-refractivity contribution in [3.8, 4) is 0 Å². The normalized spacial score (nSPS) is 22.8. The van der Waals surface area contributed by atoms with Crippen molar-refractivity contribution in [3.63, 3.8) is 0 Å². The number of nitrogens with two attached hydrogens (primary N) is 1. The van der Waals surface area contributed by atoms with E-state index in [9.17, 15) is 4.79 Å². The van der Waals surface area contributed by atoms with E-state index < -0.39 is 6.04 Å². The molecule has 0 amide bonds. The molecule has 128 valence electrons. The molecule has 1 atom stereocenters. The highest BCUT2D eigenvalue weighted by Gasteiger charge is 2.26. The average Bonchev–Trinajstić information content (AvgIpc) is 2.55. The molecule has 0 heterocycles. The van der Waals surface area contributed by atoms with Gasteiger partial charge >= 0.3 is 5.97 Å². The van der Waals surface area contributed by atoms with E-state index >= 15 is 0 Å². The van der Waals surface area contributed by atoms with Crippen LogP contribution in [0.25, 0.3) is 0 Å². The summed E-state index contributed by atoms with van der Waals surface area (Å²) >= 11 is 0. The minimum absolute atomic E-state index is 0.266. The largest absolute Gasteiger partial charge is 0.460 e. The van der Waals surface area contributed by atoms with E-state index in [-0.39, 0.29) is 5.97 Å². The molecular formula is C20H31NO2. The molecule has 0 aliphatic heterocycles. The number of benzene rings is 1. The van der Waals surface area contributed by atoms with Crippen LogP contribution in [0.1, 0.15) is 57.9 Å². The van der Waals surface area contributed by atoms with Crippen molar-refractivity contribution in [1.29, 1.82) is 0 Å². The predicted octanol–water partition coefficient (Wildman–Crippen LogP) is 4.30. The van der Waals surface area contributed by atoms with Crippen LogP contribution < -0.4 is 5.73 Å². The lowest BCUT2D eigenvalue weighted by Gasteiger charge is -2.30. The van der Waals surface area contributed by atoms with Crippen LogP contribution in [0.15, 0.2) is 30.3 Å². The van der Waals surface area contributed by atoms with Crippen molar-refractivity contribution in [1.82, 2.24) is 0 Å². The highest BCUT2D eigenvalue weighted by atomic mass is 16.5. The minimum atomic E-state index is -0.481. The van der Waals surface area contributed by atoms with Crippen LogP contribution in [0.3, 0.4) is 0 Å². The average molecular weight is 317 g/mol. The van der Waals surface area contributed by atoms with Crippen molar-refractivity contribution in [3.05, 3.63) is 35.9 Å². The number of esters is 1. The first kappa shape index (κ1) is 18.0. The Labute approximate surface area is 140 Å². The van der Waals surface area contributed by atoms with Gasteiger partial charge in [0.25, 0.3) is 0 Å². The van der Waals surface area contributed by atoms with Crippen LogP contribution >= 0.6 is 0 Å². The fourth-order valence-electron chi connectivity index (χ4n) is 3.66. The standard InChI is InChI=1S/C20H31NO2/c1-15(2)12-16-8-10-17(11-9-16)13-19(21)20(22)23-14-18-6-4-3-5-7-18/h3-7,15-17,19H,8-14,21H2,1-2H3. The molecule has 1 fully saturated rings. The second-order valence-electron chi connectivity index (χ2n) is 7.45. The Morgan fingerprint density at radius 1 is 1.09 bits per heavy atom. The van der Waals surface area contributed by atoms with Crippen LogP contribution in [0.2, 0.25) is 0 Å². The molecule has 3 heteroatoms. The Balaban J connectivity index is 1.68. The zero-order valence-corrected chi connectivity index (χ0v) is 14.5. The fraction of sp³-hybridized carbons (Fsp3) is 0.650. The number of carbonyl (C=O) groups excluding carboxylic acids is 1. The third kappa shape index (κ3) is 6.34. The molecule has 1 saturated carbocycles. The molecule has 1 aromatic carbocycles. The third-order valence-corrected chi connectivity index (χ3v) is 4.89. The van der Waals surface area contributed by atoms with Crippen molar-refractivity contribution in [2.45, 2.75) is 65.0 Å². The Morgan fingerprint density at radius 3 is 2.22 bits per heavy atom. The Bertz CT molecular complexity index is 464. The van der Waals surface area contributed by atoms with Crippen molar-refractivity contribution < 1.29 is 9.53 Å². The van der Waals surface area contributed by atoms with Gasteiger partial charge in [-0.1, -0.05) is 69.9 Å². The van der Waals surface area contributed by atoms with Crippen molar-refractivity contribution in [2.24, 2.45) is 23.5 Å². The van der Waals surface area contributed by atoms with Gasteiger partial charge in [0.2, 0.25) is 0 Å². The van der Waals surface area contributed by atoms with Crippen LogP contribution in [0.4, 0.5) is 0 Å². The predicted molar refractivity (Wildman–Crippen MR) is 93.7 cm³/mol. The molecule has 1 aliphatic rings. The number of ether oxygens (including phenoxy) is 1. The highest BCUT2D eigenvalue weighted by Crippen LogP contribution is 2.34. The van der Waals surface area contributed by atoms with Crippen LogP contribution in [0.5, 0.6) is 0 Å². The molecule has 2 N–H and O–H groups in total. The lowest BCUT2D eigenvalue weighted by Crippen LogP contribution is -2.35. The lowest BCUT2D eigenvalue weighted by atomic mass is 9.76. The van der Waals surface area contributed by atoms with E-state index in [2.05, 4.69) is 13.8 Å². The van der Waals surface area contributed by atoms with Crippen molar-refractivity contribution >= 4 is 5.97 Å².